The second-order valence-corrected chi connectivity index (χ2v) is 3.80. The molecule has 0 aromatic heterocycles. The van der Waals surface area contributed by atoms with Crippen molar-refractivity contribution in [1.29, 1.82) is 0 Å². The molecule has 0 aliphatic heterocycles. The van der Waals surface area contributed by atoms with E-state index in [1.807, 2.05) is 42.5 Å². The fraction of sp³-hybridized carbons (Fsp3) is 0. The predicted molar refractivity (Wildman–Crippen MR) is 62.0 cm³/mol. The van der Waals surface area contributed by atoms with Gasteiger partial charge < -0.3 is 0 Å². The molecule has 0 N–H and O–H groups in total. The van der Waals surface area contributed by atoms with Gasteiger partial charge in [-0.2, -0.15) is 4.39 Å². The van der Waals surface area contributed by atoms with Crippen LogP contribution in [0.1, 0.15) is 5.56 Å². The highest BCUT2D eigenvalue weighted by molar-refractivity contribution is 9.11. The molecule has 0 amide bonds. The standard InChI is InChI=1S/C12H8BrF/c13-12(14)8-9-5-6-10-3-1-2-4-11(10)7-9/h1-8H. The minimum atomic E-state index is -0.354. The Bertz CT molecular complexity index is 484. The molecule has 2 aromatic rings. The summed E-state index contributed by atoms with van der Waals surface area (Å²) in [6.45, 7) is 0. The van der Waals surface area contributed by atoms with Crippen molar-refractivity contribution in [2.75, 3.05) is 0 Å². The van der Waals surface area contributed by atoms with Crippen LogP contribution < -0.4 is 0 Å². The summed E-state index contributed by atoms with van der Waals surface area (Å²) in [6.07, 6.45) is 1.45. The normalized spacial score (nSPS) is 12.0. The van der Waals surface area contributed by atoms with Gasteiger partial charge in [0.05, 0.1) is 0 Å². The fourth-order valence-corrected chi connectivity index (χ4v) is 1.69. The highest BCUT2D eigenvalue weighted by Crippen LogP contribution is 2.19. The van der Waals surface area contributed by atoms with Crippen LogP contribution in [0.2, 0.25) is 0 Å². The molecular weight excluding hydrogens is 243 g/mol. The largest absolute Gasteiger partial charge is 0.199 e. The van der Waals surface area contributed by atoms with Crippen LogP contribution in [0.5, 0.6) is 0 Å². The molecule has 0 heterocycles. The first-order valence-corrected chi connectivity index (χ1v) is 5.06. The summed E-state index contributed by atoms with van der Waals surface area (Å²) in [5.74, 6) is 0. The van der Waals surface area contributed by atoms with Gasteiger partial charge in [0, 0.05) is 0 Å². The van der Waals surface area contributed by atoms with Gasteiger partial charge in [-0.15, -0.1) is 0 Å². The molecule has 0 saturated heterocycles. The third kappa shape index (κ3) is 2.02. The van der Waals surface area contributed by atoms with Gasteiger partial charge in [-0.1, -0.05) is 36.4 Å². The smallest absolute Gasteiger partial charge is 0.166 e. The summed E-state index contributed by atoms with van der Waals surface area (Å²) in [5.41, 5.74) is 0.859. The SMILES string of the molecule is FC(Br)=Cc1ccc2ccccc2c1. The van der Waals surface area contributed by atoms with Crippen molar-refractivity contribution < 1.29 is 4.39 Å². The molecule has 0 bridgehead atoms. The van der Waals surface area contributed by atoms with Crippen molar-refractivity contribution in [3.8, 4) is 0 Å². The van der Waals surface area contributed by atoms with Gasteiger partial charge in [-0.3, -0.25) is 0 Å². The van der Waals surface area contributed by atoms with E-state index < -0.39 is 0 Å². The van der Waals surface area contributed by atoms with Crippen LogP contribution in [0, 0.1) is 0 Å². The van der Waals surface area contributed by atoms with E-state index in [-0.39, 0.29) is 4.74 Å². The van der Waals surface area contributed by atoms with E-state index in [1.54, 1.807) is 0 Å². The quantitative estimate of drug-likeness (QED) is 0.699. The van der Waals surface area contributed by atoms with Crippen LogP contribution in [0.15, 0.2) is 47.2 Å². The minimum absolute atomic E-state index is 0.354. The van der Waals surface area contributed by atoms with Crippen molar-refractivity contribution in [2.45, 2.75) is 0 Å². The lowest BCUT2D eigenvalue weighted by Gasteiger charge is -1.98. The van der Waals surface area contributed by atoms with E-state index >= 15 is 0 Å². The molecule has 0 radical (unpaired) electrons. The molecule has 0 nitrogen and oxygen atoms in total. The summed E-state index contributed by atoms with van der Waals surface area (Å²) < 4.78 is 12.2. The topological polar surface area (TPSA) is 0 Å². The zero-order valence-electron chi connectivity index (χ0n) is 7.37. The third-order valence-corrected chi connectivity index (χ3v) is 2.28. The first-order chi connectivity index (χ1) is 6.75. The molecule has 0 aliphatic rings. The van der Waals surface area contributed by atoms with Crippen molar-refractivity contribution in [3.05, 3.63) is 52.8 Å². The molecule has 0 atom stereocenters. The molecule has 2 aromatic carbocycles. The van der Waals surface area contributed by atoms with Crippen molar-refractivity contribution in [3.63, 3.8) is 0 Å². The molecule has 70 valence electrons. The summed E-state index contributed by atoms with van der Waals surface area (Å²) in [7, 11) is 0. The van der Waals surface area contributed by atoms with Gasteiger partial charge in [0.25, 0.3) is 0 Å². The Morgan fingerprint density at radius 2 is 1.79 bits per heavy atom. The Hall–Kier alpha value is -1.15. The van der Waals surface area contributed by atoms with Crippen molar-refractivity contribution in [1.82, 2.24) is 0 Å². The zero-order chi connectivity index (χ0) is 9.97. The molecule has 0 aliphatic carbocycles. The lowest BCUT2D eigenvalue weighted by molar-refractivity contribution is 0.712. The maximum absolute atomic E-state index is 12.6. The van der Waals surface area contributed by atoms with E-state index in [2.05, 4.69) is 15.9 Å². The van der Waals surface area contributed by atoms with Crippen LogP contribution in [0.4, 0.5) is 4.39 Å². The predicted octanol–water partition coefficient (Wildman–Crippen LogP) is 4.50. The Kier molecular flexibility index (Phi) is 2.64. The summed E-state index contributed by atoms with van der Waals surface area (Å²) in [5, 5.41) is 2.29. The first-order valence-electron chi connectivity index (χ1n) is 4.27. The zero-order valence-corrected chi connectivity index (χ0v) is 8.96. The molecule has 2 rings (SSSR count). The Morgan fingerprint density at radius 1 is 1.07 bits per heavy atom. The maximum Gasteiger partial charge on any atom is 0.166 e. The number of fused-ring (bicyclic) bond motifs is 1. The fourth-order valence-electron chi connectivity index (χ4n) is 1.42. The van der Waals surface area contributed by atoms with Crippen LogP contribution in [-0.2, 0) is 0 Å². The highest BCUT2D eigenvalue weighted by atomic mass is 79.9. The monoisotopic (exact) mass is 250 g/mol. The molecule has 2 heteroatoms. The van der Waals surface area contributed by atoms with Crippen LogP contribution in [0.3, 0.4) is 0 Å². The summed E-state index contributed by atoms with van der Waals surface area (Å²) in [6, 6.07) is 13.8. The van der Waals surface area contributed by atoms with Crippen molar-refractivity contribution in [2.24, 2.45) is 0 Å². The van der Waals surface area contributed by atoms with Gasteiger partial charge in [-0.05, 0) is 44.4 Å². The van der Waals surface area contributed by atoms with Crippen LogP contribution >= 0.6 is 15.9 Å². The second kappa shape index (κ2) is 3.93. The Balaban J connectivity index is 2.57. The van der Waals surface area contributed by atoms with Gasteiger partial charge in [0.15, 0.2) is 4.74 Å². The Labute approximate surface area is 90.2 Å². The molecule has 0 saturated carbocycles. The number of rotatable bonds is 1. The third-order valence-electron chi connectivity index (χ3n) is 2.05. The summed E-state index contributed by atoms with van der Waals surface area (Å²) in [4.78, 5) is 0. The maximum atomic E-state index is 12.6. The summed E-state index contributed by atoms with van der Waals surface area (Å²) >= 11 is 2.77. The highest BCUT2D eigenvalue weighted by Gasteiger charge is 1.94. The second-order valence-electron chi connectivity index (χ2n) is 3.04. The average molecular weight is 251 g/mol. The molecule has 0 unspecified atom stereocenters. The van der Waals surface area contributed by atoms with Gasteiger partial charge >= 0.3 is 0 Å². The van der Waals surface area contributed by atoms with E-state index in [4.69, 9.17) is 0 Å². The number of hydrogen-bond donors (Lipinski definition) is 0. The molecule has 0 spiro atoms. The van der Waals surface area contributed by atoms with Gasteiger partial charge in [0.1, 0.15) is 0 Å². The molecular formula is C12H8BrF. The Morgan fingerprint density at radius 3 is 2.50 bits per heavy atom. The number of hydrogen-bond acceptors (Lipinski definition) is 0. The van der Waals surface area contributed by atoms with Crippen LogP contribution in [-0.4, -0.2) is 0 Å². The van der Waals surface area contributed by atoms with E-state index in [9.17, 15) is 4.39 Å². The van der Waals surface area contributed by atoms with E-state index in [0.29, 0.717) is 0 Å². The van der Waals surface area contributed by atoms with E-state index in [1.165, 1.54) is 11.5 Å². The lowest BCUT2D eigenvalue weighted by Crippen LogP contribution is -1.74. The minimum Gasteiger partial charge on any atom is -0.199 e. The first kappa shape index (κ1) is 9.41. The number of halogens is 2. The number of benzene rings is 2. The molecule has 14 heavy (non-hydrogen) atoms. The van der Waals surface area contributed by atoms with E-state index in [0.717, 1.165) is 10.9 Å². The van der Waals surface area contributed by atoms with Crippen molar-refractivity contribution >= 4 is 32.8 Å². The average Bonchev–Trinajstić information content (AvgIpc) is 2.17. The van der Waals surface area contributed by atoms with Gasteiger partial charge in [0.2, 0.25) is 0 Å². The van der Waals surface area contributed by atoms with Gasteiger partial charge in [-0.25, -0.2) is 0 Å². The van der Waals surface area contributed by atoms with Crippen LogP contribution in [0.25, 0.3) is 16.8 Å². The molecule has 0 fully saturated rings. The lowest BCUT2D eigenvalue weighted by atomic mass is 10.1.